The van der Waals surface area contributed by atoms with Crippen LogP contribution in [0.3, 0.4) is 0 Å². The number of hydrogen-bond acceptors (Lipinski definition) is 2. The van der Waals surface area contributed by atoms with Crippen LogP contribution in [0.25, 0.3) is 0 Å². The minimum absolute atomic E-state index is 0.456. The third-order valence-electron chi connectivity index (χ3n) is 2.91. The van der Waals surface area contributed by atoms with E-state index in [-0.39, 0.29) is 0 Å². The smallest absolute Gasteiger partial charge is 0.132 e. The molecular weight excluding hydrogens is 208 g/mol. The van der Waals surface area contributed by atoms with Gasteiger partial charge in [-0.2, -0.15) is 0 Å². The van der Waals surface area contributed by atoms with E-state index in [1.807, 2.05) is 13.0 Å². The highest BCUT2D eigenvalue weighted by Gasteiger charge is 2.10. The molecular formula is C12H19ClN2. The fourth-order valence-corrected chi connectivity index (χ4v) is 1.50. The van der Waals surface area contributed by atoms with Crippen molar-refractivity contribution in [3.63, 3.8) is 0 Å². The Bertz CT molecular complexity index is 325. The van der Waals surface area contributed by atoms with Crippen LogP contribution in [0, 0.1) is 12.8 Å². The van der Waals surface area contributed by atoms with Gasteiger partial charge in [0, 0.05) is 6.04 Å². The maximum Gasteiger partial charge on any atom is 0.132 e. The van der Waals surface area contributed by atoms with Gasteiger partial charge in [-0.1, -0.05) is 31.9 Å². The first-order valence-electron chi connectivity index (χ1n) is 5.43. The van der Waals surface area contributed by atoms with E-state index in [0.29, 0.717) is 17.1 Å². The van der Waals surface area contributed by atoms with Gasteiger partial charge in [0.1, 0.15) is 5.15 Å². The third kappa shape index (κ3) is 3.38. The van der Waals surface area contributed by atoms with Crippen LogP contribution in [0.2, 0.25) is 5.15 Å². The monoisotopic (exact) mass is 226 g/mol. The zero-order valence-corrected chi connectivity index (χ0v) is 10.6. The van der Waals surface area contributed by atoms with Crippen molar-refractivity contribution in [3.05, 3.63) is 23.0 Å². The summed E-state index contributed by atoms with van der Waals surface area (Å²) in [6.07, 6.45) is 2.96. The molecule has 0 amide bonds. The minimum Gasteiger partial charge on any atom is -0.381 e. The summed E-state index contributed by atoms with van der Waals surface area (Å²) in [6, 6.07) is 2.49. The van der Waals surface area contributed by atoms with Gasteiger partial charge in [0.2, 0.25) is 0 Å². The summed E-state index contributed by atoms with van der Waals surface area (Å²) in [5, 5.41) is 4.02. The van der Waals surface area contributed by atoms with Crippen LogP contribution >= 0.6 is 11.6 Å². The summed E-state index contributed by atoms with van der Waals surface area (Å²) >= 11 is 5.87. The first kappa shape index (κ1) is 12.3. The fraction of sp³-hybridized carbons (Fsp3) is 0.583. The van der Waals surface area contributed by atoms with Crippen molar-refractivity contribution >= 4 is 17.3 Å². The third-order valence-corrected chi connectivity index (χ3v) is 3.30. The zero-order valence-electron chi connectivity index (χ0n) is 9.84. The second-order valence-corrected chi connectivity index (χ2v) is 4.51. The van der Waals surface area contributed by atoms with Crippen LogP contribution < -0.4 is 5.32 Å². The number of hydrogen-bond donors (Lipinski definition) is 1. The molecule has 0 bridgehead atoms. The van der Waals surface area contributed by atoms with Crippen molar-refractivity contribution in [2.75, 3.05) is 5.32 Å². The van der Waals surface area contributed by atoms with Gasteiger partial charge in [0.25, 0.3) is 0 Å². The zero-order chi connectivity index (χ0) is 11.4. The van der Waals surface area contributed by atoms with Gasteiger partial charge >= 0.3 is 0 Å². The van der Waals surface area contributed by atoms with E-state index in [1.54, 1.807) is 6.20 Å². The Morgan fingerprint density at radius 1 is 1.47 bits per heavy atom. The molecule has 2 atom stereocenters. The molecule has 84 valence electrons. The molecule has 3 heteroatoms. The highest BCUT2D eigenvalue weighted by atomic mass is 35.5. The molecule has 0 saturated carbocycles. The highest BCUT2D eigenvalue weighted by molar-refractivity contribution is 6.30. The largest absolute Gasteiger partial charge is 0.381 e. The van der Waals surface area contributed by atoms with E-state index in [0.717, 1.165) is 11.3 Å². The van der Waals surface area contributed by atoms with Gasteiger partial charge in [-0.25, -0.2) is 4.98 Å². The van der Waals surface area contributed by atoms with Crippen molar-refractivity contribution in [2.24, 2.45) is 5.92 Å². The molecule has 1 heterocycles. The van der Waals surface area contributed by atoms with Crippen molar-refractivity contribution in [1.82, 2.24) is 4.98 Å². The quantitative estimate of drug-likeness (QED) is 0.788. The van der Waals surface area contributed by atoms with Gasteiger partial charge < -0.3 is 5.32 Å². The lowest BCUT2D eigenvalue weighted by atomic mass is 10.0. The number of halogens is 1. The molecule has 1 aromatic rings. The molecule has 1 aromatic heterocycles. The van der Waals surface area contributed by atoms with Crippen molar-refractivity contribution < 1.29 is 0 Å². The van der Waals surface area contributed by atoms with Crippen LogP contribution in [0.1, 0.15) is 32.8 Å². The van der Waals surface area contributed by atoms with Crippen molar-refractivity contribution in [3.8, 4) is 0 Å². The van der Waals surface area contributed by atoms with E-state index in [2.05, 4.69) is 31.1 Å². The first-order chi connectivity index (χ1) is 7.04. The lowest BCUT2D eigenvalue weighted by molar-refractivity contribution is 0.494. The molecule has 0 aromatic carbocycles. The molecule has 0 radical (unpaired) electrons. The van der Waals surface area contributed by atoms with Gasteiger partial charge in [0.05, 0.1) is 11.9 Å². The molecule has 2 nitrogen and oxygen atoms in total. The standard InChI is InChI=1S/C12H19ClN2/c1-5-8(2)10(4)15-11-6-9(3)12(13)14-7-11/h6-8,10,15H,5H2,1-4H3. The average Bonchev–Trinajstić information content (AvgIpc) is 2.22. The number of aromatic nitrogens is 1. The SMILES string of the molecule is CCC(C)C(C)Nc1cnc(Cl)c(C)c1. The molecule has 1 N–H and O–H groups in total. The number of anilines is 1. The maximum atomic E-state index is 5.87. The first-order valence-corrected chi connectivity index (χ1v) is 5.81. The van der Waals surface area contributed by atoms with Gasteiger partial charge in [-0.3, -0.25) is 0 Å². The highest BCUT2D eigenvalue weighted by Crippen LogP contribution is 2.19. The minimum atomic E-state index is 0.456. The fourth-order valence-electron chi connectivity index (χ4n) is 1.40. The van der Waals surface area contributed by atoms with Crippen LogP contribution in [0.5, 0.6) is 0 Å². The summed E-state index contributed by atoms with van der Waals surface area (Å²) < 4.78 is 0. The molecule has 0 aliphatic heterocycles. The Kier molecular flexibility index (Phi) is 4.40. The Balaban J connectivity index is 2.68. The van der Waals surface area contributed by atoms with Gasteiger partial charge in [-0.15, -0.1) is 0 Å². The molecule has 0 saturated heterocycles. The summed E-state index contributed by atoms with van der Waals surface area (Å²) in [4.78, 5) is 4.12. The Morgan fingerprint density at radius 3 is 2.67 bits per heavy atom. The molecule has 2 unspecified atom stereocenters. The predicted octanol–water partition coefficient (Wildman–Crippen LogP) is 3.89. The van der Waals surface area contributed by atoms with E-state index >= 15 is 0 Å². The molecule has 15 heavy (non-hydrogen) atoms. The molecule has 0 fully saturated rings. The lowest BCUT2D eigenvalue weighted by Gasteiger charge is -2.21. The number of nitrogens with one attached hydrogen (secondary N) is 1. The molecule has 0 spiro atoms. The Labute approximate surface area is 97.1 Å². The maximum absolute atomic E-state index is 5.87. The average molecular weight is 227 g/mol. The van der Waals surface area contributed by atoms with Crippen LogP contribution in [-0.4, -0.2) is 11.0 Å². The summed E-state index contributed by atoms with van der Waals surface area (Å²) in [5.41, 5.74) is 2.06. The van der Waals surface area contributed by atoms with E-state index in [1.165, 1.54) is 6.42 Å². The Morgan fingerprint density at radius 2 is 2.13 bits per heavy atom. The lowest BCUT2D eigenvalue weighted by Crippen LogP contribution is -2.23. The van der Waals surface area contributed by atoms with Crippen molar-refractivity contribution in [2.45, 2.75) is 40.2 Å². The van der Waals surface area contributed by atoms with Crippen LogP contribution in [0.4, 0.5) is 5.69 Å². The predicted molar refractivity (Wildman–Crippen MR) is 66.5 cm³/mol. The van der Waals surface area contributed by atoms with E-state index in [9.17, 15) is 0 Å². The van der Waals surface area contributed by atoms with Gasteiger partial charge in [-0.05, 0) is 31.4 Å². The topological polar surface area (TPSA) is 24.9 Å². The summed E-state index contributed by atoms with van der Waals surface area (Å²) in [7, 11) is 0. The van der Waals surface area contributed by atoms with Crippen molar-refractivity contribution in [1.29, 1.82) is 0 Å². The number of aryl methyl sites for hydroxylation is 1. The Hall–Kier alpha value is -0.760. The number of nitrogens with zero attached hydrogens (tertiary/aromatic N) is 1. The number of pyridine rings is 1. The number of rotatable bonds is 4. The van der Waals surface area contributed by atoms with E-state index in [4.69, 9.17) is 11.6 Å². The molecule has 0 aliphatic rings. The van der Waals surface area contributed by atoms with Crippen LogP contribution in [0.15, 0.2) is 12.3 Å². The second-order valence-electron chi connectivity index (χ2n) is 4.15. The second kappa shape index (κ2) is 5.36. The van der Waals surface area contributed by atoms with E-state index < -0.39 is 0 Å². The van der Waals surface area contributed by atoms with Gasteiger partial charge in [0.15, 0.2) is 0 Å². The normalized spacial score (nSPS) is 14.7. The summed E-state index contributed by atoms with van der Waals surface area (Å²) in [6.45, 7) is 8.61. The summed E-state index contributed by atoms with van der Waals surface area (Å²) in [5.74, 6) is 0.654. The molecule has 0 aliphatic carbocycles. The molecule has 1 rings (SSSR count). The van der Waals surface area contributed by atoms with Crippen LogP contribution in [-0.2, 0) is 0 Å².